The lowest BCUT2D eigenvalue weighted by atomic mass is 10.3. The van der Waals surface area contributed by atoms with Crippen LogP contribution in [-0.2, 0) is 4.79 Å². The van der Waals surface area contributed by atoms with Crippen LogP contribution < -0.4 is 14.8 Å². The third kappa shape index (κ3) is 4.79. The van der Waals surface area contributed by atoms with Gasteiger partial charge < -0.3 is 14.8 Å². The van der Waals surface area contributed by atoms with Crippen molar-refractivity contribution in [3.05, 3.63) is 24.3 Å². The van der Waals surface area contributed by atoms with Gasteiger partial charge in [-0.3, -0.25) is 4.79 Å². The summed E-state index contributed by atoms with van der Waals surface area (Å²) in [5, 5.41) is 2.52. The zero-order valence-corrected chi connectivity index (χ0v) is 10.4. The van der Waals surface area contributed by atoms with Crippen molar-refractivity contribution in [2.24, 2.45) is 0 Å². The molecule has 0 aliphatic rings. The van der Waals surface area contributed by atoms with Crippen molar-refractivity contribution >= 4 is 5.91 Å². The van der Waals surface area contributed by atoms with Crippen LogP contribution in [0.3, 0.4) is 0 Å². The fourth-order valence-electron chi connectivity index (χ4n) is 1.24. The zero-order valence-electron chi connectivity index (χ0n) is 10.4. The van der Waals surface area contributed by atoms with Gasteiger partial charge in [-0.05, 0) is 18.6 Å². The summed E-state index contributed by atoms with van der Waals surface area (Å²) in [6, 6.07) is 7.26. The number of nitrogens with one attached hydrogen (secondary N) is 1. The van der Waals surface area contributed by atoms with Crippen molar-refractivity contribution in [3.63, 3.8) is 0 Å². The Balaban J connectivity index is 2.50. The molecule has 0 fully saturated rings. The third-order valence-electron chi connectivity index (χ3n) is 2.06. The summed E-state index contributed by atoms with van der Waals surface area (Å²) in [6.07, 6.45) is 5.95. The van der Waals surface area contributed by atoms with Crippen molar-refractivity contribution in [2.75, 3.05) is 19.8 Å². The maximum Gasteiger partial charge on any atom is 0.258 e. The second-order valence-corrected chi connectivity index (χ2v) is 3.56. The predicted molar refractivity (Wildman–Crippen MR) is 69.6 cm³/mol. The molecule has 0 aliphatic carbocycles. The molecule has 4 nitrogen and oxygen atoms in total. The molecule has 1 amide bonds. The van der Waals surface area contributed by atoms with E-state index in [9.17, 15) is 4.79 Å². The Bertz CT molecular complexity index is 423. The normalized spacial score (nSPS) is 9.33. The maximum atomic E-state index is 11.3. The SMILES string of the molecule is C#CCNC(=O)COc1ccccc1OCCC. The molecule has 4 heteroatoms. The Kier molecular flexibility index (Phi) is 6.20. The number of carbonyl (C=O) groups is 1. The lowest BCUT2D eigenvalue weighted by molar-refractivity contribution is -0.122. The van der Waals surface area contributed by atoms with Crippen LogP contribution in [0.25, 0.3) is 0 Å². The summed E-state index contributed by atoms with van der Waals surface area (Å²) in [5.41, 5.74) is 0. The summed E-state index contributed by atoms with van der Waals surface area (Å²) in [5.74, 6) is 3.27. The molecule has 96 valence electrons. The number of para-hydroxylation sites is 2. The fraction of sp³-hybridized carbons (Fsp3) is 0.357. The van der Waals surface area contributed by atoms with E-state index in [-0.39, 0.29) is 19.1 Å². The highest BCUT2D eigenvalue weighted by atomic mass is 16.5. The van der Waals surface area contributed by atoms with Crippen LogP contribution >= 0.6 is 0 Å². The van der Waals surface area contributed by atoms with Crippen molar-refractivity contribution < 1.29 is 14.3 Å². The van der Waals surface area contributed by atoms with Gasteiger partial charge in [-0.2, -0.15) is 0 Å². The van der Waals surface area contributed by atoms with Gasteiger partial charge in [-0.25, -0.2) is 0 Å². The van der Waals surface area contributed by atoms with E-state index in [4.69, 9.17) is 15.9 Å². The van der Waals surface area contributed by atoms with Crippen LogP contribution in [0.5, 0.6) is 11.5 Å². The minimum absolute atomic E-state index is 0.0752. The van der Waals surface area contributed by atoms with Crippen LogP contribution in [-0.4, -0.2) is 25.7 Å². The van der Waals surface area contributed by atoms with Gasteiger partial charge >= 0.3 is 0 Å². The van der Waals surface area contributed by atoms with E-state index in [0.717, 1.165) is 6.42 Å². The van der Waals surface area contributed by atoms with E-state index in [2.05, 4.69) is 11.2 Å². The van der Waals surface area contributed by atoms with Crippen molar-refractivity contribution in [1.29, 1.82) is 0 Å². The van der Waals surface area contributed by atoms with E-state index in [0.29, 0.717) is 18.1 Å². The minimum Gasteiger partial charge on any atom is -0.490 e. The molecule has 0 aromatic heterocycles. The summed E-state index contributed by atoms with van der Waals surface area (Å²) < 4.78 is 10.9. The monoisotopic (exact) mass is 247 g/mol. The number of rotatable bonds is 7. The first-order chi connectivity index (χ1) is 8.77. The van der Waals surface area contributed by atoms with E-state index in [1.807, 2.05) is 25.1 Å². The lowest BCUT2D eigenvalue weighted by Gasteiger charge is -2.11. The second-order valence-electron chi connectivity index (χ2n) is 3.56. The van der Waals surface area contributed by atoms with Crippen LogP contribution in [0.15, 0.2) is 24.3 Å². The van der Waals surface area contributed by atoms with Crippen molar-refractivity contribution in [2.45, 2.75) is 13.3 Å². The molecule has 0 saturated carbocycles. The highest BCUT2D eigenvalue weighted by Gasteiger charge is 2.06. The van der Waals surface area contributed by atoms with Gasteiger partial charge in [0.1, 0.15) is 0 Å². The number of ether oxygens (including phenoxy) is 2. The van der Waals surface area contributed by atoms with Crippen LogP contribution in [0.2, 0.25) is 0 Å². The molecule has 1 N–H and O–H groups in total. The van der Waals surface area contributed by atoms with Crippen molar-refractivity contribution in [1.82, 2.24) is 5.32 Å². The standard InChI is InChI=1S/C14H17NO3/c1-3-9-15-14(16)11-18-13-8-6-5-7-12(13)17-10-4-2/h1,5-8H,4,9-11H2,2H3,(H,15,16). The highest BCUT2D eigenvalue weighted by Crippen LogP contribution is 2.26. The summed E-state index contributed by atoms with van der Waals surface area (Å²) in [4.78, 5) is 11.3. The molecule has 1 aromatic rings. The van der Waals surface area contributed by atoms with Gasteiger partial charge in [-0.15, -0.1) is 6.42 Å². The van der Waals surface area contributed by atoms with Gasteiger partial charge in [0.15, 0.2) is 18.1 Å². The predicted octanol–water partition coefficient (Wildman–Crippen LogP) is 1.60. The Morgan fingerprint density at radius 1 is 1.33 bits per heavy atom. The van der Waals surface area contributed by atoms with Gasteiger partial charge in [-0.1, -0.05) is 25.0 Å². The van der Waals surface area contributed by atoms with Gasteiger partial charge in [0.2, 0.25) is 0 Å². The minimum atomic E-state index is -0.252. The van der Waals surface area contributed by atoms with Crippen LogP contribution in [0.1, 0.15) is 13.3 Å². The molecule has 0 bridgehead atoms. The quantitative estimate of drug-likeness (QED) is 0.744. The molecule has 0 unspecified atom stereocenters. The molecular weight excluding hydrogens is 230 g/mol. The number of terminal acetylenes is 1. The molecule has 1 aromatic carbocycles. The largest absolute Gasteiger partial charge is 0.490 e. The topological polar surface area (TPSA) is 47.6 Å². The first-order valence-corrected chi connectivity index (χ1v) is 5.82. The van der Waals surface area contributed by atoms with Gasteiger partial charge in [0.05, 0.1) is 13.2 Å². The molecule has 0 aliphatic heterocycles. The fourth-order valence-corrected chi connectivity index (χ4v) is 1.24. The van der Waals surface area contributed by atoms with E-state index < -0.39 is 0 Å². The third-order valence-corrected chi connectivity index (χ3v) is 2.06. The molecule has 0 heterocycles. The summed E-state index contributed by atoms with van der Waals surface area (Å²) >= 11 is 0. The Morgan fingerprint density at radius 3 is 2.61 bits per heavy atom. The lowest BCUT2D eigenvalue weighted by Crippen LogP contribution is -2.29. The summed E-state index contributed by atoms with van der Waals surface area (Å²) in [7, 11) is 0. The molecule has 0 atom stereocenters. The number of carbonyl (C=O) groups excluding carboxylic acids is 1. The zero-order chi connectivity index (χ0) is 13.2. The molecule has 0 spiro atoms. The molecule has 0 saturated heterocycles. The molecular formula is C14H17NO3. The number of amides is 1. The van der Waals surface area contributed by atoms with Crippen molar-refractivity contribution in [3.8, 4) is 23.8 Å². The van der Waals surface area contributed by atoms with E-state index >= 15 is 0 Å². The van der Waals surface area contributed by atoms with E-state index in [1.165, 1.54) is 0 Å². The average Bonchev–Trinajstić information content (AvgIpc) is 2.41. The van der Waals surface area contributed by atoms with Gasteiger partial charge in [0, 0.05) is 0 Å². The number of benzene rings is 1. The van der Waals surface area contributed by atoms with Crippen LogP contribution in [0, 0.1) is 12.3 Å². The molecule has 1 rings (SSSR count). The molecule has 18 heavy (non-hydrogen) atoms. The Morgan fingerprint density at radius 2 is 2.00 bits per heavy atom. The molecule has 0 radical (unpaired) electrons. The van der Waals surface area contributed by atoms with E-state index in [1.54, 1.807) is 6.07 Å². The Labute approximate surface area is 107 Å². The smallest absolute Gasteiger partial charge is 0.258 e. The summed E-state index contributed by atoms with van der Waals surface area (Å²) in [6.45, 7) is 2.77. The number of hydrogen-bond donors (Lipinski definition) is 1. The number of hydrogen-bond acceptors (Lipinski definition) is 3. The Hall–Kier alpha value is -2.15. The van der Waals surface area contributed by atoms with Crippen LogP contribution in [0.4, 0.5) is 0 Å². The second kappa shape index (κ2) is 8.02. The average molecular weight is 247 g/mol. The maximum absolute atomic E-state index is 11.3. The van der Waals surface area contributed by atoms with Gasteiger partial charge in [0.25, 0.3) is 5.91 Å². The first kappa shape index (κ1) is 13.9. The highest BCUT2D eigenvalue weighted by molar-refractivity contribution is 5.77. The first-order valence-electron chi connectivity index (χ1n) is 5.82.